The SMILES string of the molecule is COC(C)(C)CC(=O)NC1CCCCC1O. The molecule has 2 atom stereocenters. The van der Waals surface area contributed by atoms with Gasteiger partial charge in [0.05, 0.1) is 24.2 Å². The fourth-order valence-electron chi connectivity index (χ4n) is 2.00. The molecule has 0 aromatic rings. The van der Waals surface area contributed by atoms with Gasteiger partial charge in [-0.15, -0.1) is 0 Å². The summed E-state index contributed by atoms with van der Waals surface area (Å²) in [6.07, 6.45) is 3.74. The van der Waals surface area contributed by atoms with Gasteiger partial charge in [-0.1, -0.05) is 12.8 Å². The van der Waals surface area contributed by atoms with Gasteiger partial charge < -0.3 is 15.2 Å². The van der Waals surface area contributed by atoms with Crippen LogP contribution < -0.4 is 5.32 Å². The maximum atomic E-state index is 11.7. The minimum atomic E-state index is -0.441. The summed E-state index contributed by atoms with van der Waals surface area (Å²) in [5.41, 5.74) is -0.441. The summed E-state index contributed by atoms with van der Waals surface area (Å²) in [5.74, 6) is -0.0437. The van der Waals surface area contributed by atoms with Gasteiger partial charge in [0.1, 0.15) is 0 Å². The van der Waals surface area contributed by atoms with E-state index in [9.17, 15) is 9.90 Å². The molecule has 0 aromatic carbocycles. The lowest BCUT2D eigenvalue weighted by molar-refractivity contribution is -0.128. The summed E-state index contributed by atoms with van der Waals surface area (Å²) in [4.78, 5) is 11.7. The second-order valence-electron chi connectivity index (χ2n) is 5.17. The zero-order valence-electron chi connectivity index (χ0n) is 10.5. The molecule has 0 saturated heterocycles. The van der Waals surface area contributed by atoms with Gasteiger partial charge in [0, 0.05) is 7.11 Å². The molecular formula is C12H23NO3. The highest BCUT2D eigenvalue weighted by Gasteiger charge is 2.27. The van der Waals surface area contributed by atoms with Crippen LogP contribution in [-0.2, 0) is 9.53 Å². The van der Waals surface area contributed by atoms with E-state index in [1.165, 1.54) is 0 Å². The Bertz CT molecular complexity index is 240. The average Bonchev–Trinajstić information content (AvgIpc) is 2.21. The molecule has 1 aliphatic rings. The number of hydrogen-bond donors (Lipinski definition) is 2. The first kappa shape index (κ1) is 13.5. The Kier molecular flexibility index (Phi) is 4.74. The zero-order chi connectivity index (χ0) is 12.2. The Morgan fingerprint density at radius 1 is 1.44 bits per heavy atom. The van der Waals surface area contributed by atoms with Gasteiger partial charge >= 0.3 is 0 Å². The molecule has 0 aliphatic heterocycles. The number of aliphatic hydroxyl groups is 1. The lowest BCUT2D eigenvalue weighted by atomic mass is 9.92. The summed E-state index contributed by atoms with van der Waals surface area (Å²) in [5, 5.41) is 12.6. The van der Waals surface area contributed by atoms with Gasteiger partial charge in [-0.3, -0.25) is 4.79 Å². The van der Waals surface area contributed by atoms with Crippen molar-refractivity contribution in [1.29, 1.82) is 0 Å². The number of amides is 1. The molecule has 2 unspecified atom stereocenters. The van der Waals surface area contributed by atoms with E-state index in [2.05, 4.69) is 5.32 Å². The van der Waals surface area contributed by atoms with Crippen LogP contribution in [0.2, 0.25) is 0 Å². The van der Waals surface area contributed by atoms with Crippen LogP contribution >= 0.6 is 0 Å². The smallest absolute Gasteiger partial charge is 0.223 e. The first-order valence-electron chi connectivity index (χ1n) is 5.97. The van der Waals surface area contributed by atoms with Gasteiger partial charge in [-0.25, -0.2) is 0 Å². The Hall–Kier alpha value is -0.610. The summed E-state index contributed by atoms with van der Waals surface area (Å²) in [7, 11) is 1.60. The van der Waals surface area contributed by atoms with Crippen LogP contribution in [-0.4, -0.2) is 35.9 Å². The summed E-state index contributed by atoms with van der Waals surface area (Å²) in [6.45, 7) is 3.76. The topological polar surface area (TPSA) is 58.6 Å². The van der Waals surface area contributed by atoms with E-state index in [-0.39, 0.29) is 18.1 Å². The van der Waals surface area contributed by atoms with Crippen molar-refractivity contribution < 1.29 is 14.6 Å². The van der Waals surface area contributed by atoms with Crippen LogP contribution in [0.25, 0.3) is 0 Å². The second-order valence-corrected chi connectivity index (χ2v) is 5.17. The molecule has 0 aromatic heterocycles. The van der Waals surface area contributed by atoms with Crippen molar-refractivity contribution in [3.8, 4) is 0 Å². The number of carbonyl (C=O) groups excluding carboxylic acids is 1. The molecular weight excluding hydrogens is 206 g/mol. The lowest BCUT2D eigenvalue weighted by Crippen LogP contribution is -2.46. The molecule has 16 heavy (non-hydrogen) atoms. The predicted molar refractivity (Wildman–Crippen MR) is 62.1 cm³/mol. The zero-order valence-corrected chi connectivity index (χ0v) is 10.5. The van der Waals surface area contributed by atoms with Gasteiger partial charge in [-0.2, -0.15) is 0 Å². The number of aliphatic hydroxyl groups excluding tert-OH is 1. The van der Waals surface area contributed by atoms with Crippen LogP contribution in [0.3, 0.4) is 0 Å². The van der Waals surface area contributed by atoms with Crippen molar-refractivity contribution >= 4 is 5.91 Å². The number of ether oxygens (including phenoxy) is 1. The van der Waals surface area contributed by atoms with Crippen molar-refractivity contribution in [3.05, 3.63) is 0 Å². The maximum absolute atomic E-state index is 11.7. The van der Waals surface area contributed by atoms with E-state index < -0.39 is 5.60 Å². The van der Waals surface area contributed by atoms with Crippen molar-refractivity contribution in [1.82, 2.24) is 5.32 Å². The number of rotatable bonds is 4. The van der Waals surface area contributed by atoms with Crippen LogP contribution in [0.5, 0.6) is 0 Å². The van der Waals surface area contributed by atoms with E-state index in [0.717, 1.165) is 25.7 Å². The minimum absolute atomic E-state index is 0.0437. The molecule has 0 radical (unpaired) electrons. The monoisotopic (exact) mass is 229 g/mol. The quantitative estimate of drug-likeness (QED) is 0.762. The summed E-state index contributed by atoms with van der Waals surface area (Å²) < 4.78 is 5.20. The van der Waals surface area contributed by atoms with Crippen LogP contribution in [0, 0.1) is 0 Å². The number of carbonyl (C=O) groups is 1. The van der Waals surface area contributed by atoms with E-state index >= 15 is 0 Å². The molecule has 2 N–H and O–H groups in total. The fourth-order valence-corrected chi connectivity index (χ4v) is 2.00. The van der Waals surface area contributed by atoms with Gasteiger partial charge in [0.2, 0.25) is 5.91 Å². The third-order valence-corrected chi connectivity index (χ3v) is 3.21. The molecule has 1 fully saturated rings. The molecule has 1 saturated carbocycles. The number of methoxy groups -OCH3 is 1. The molecule has 4 nitrogen and oxygen atoms in total. The van der Waals surface area contributed by atoms with Gasteiger partial charge in [-0.05, 0) is 26.7 Å². The molecule has 0 bridgehead atoms. The second kappa shape index (κ2) is 5.64. The maximum Gasteiger partial charge on any atom is 0.223 e. The molecule has 4 heteroatoms. The van der Waals surface area contributed by atoms with Crippen molar-refractivity contribution in [2.24, 2.45) is 0 Å². The van der Waals surface area contributed by atoms with Crippen molar-refractivity contribution in [3.63, 3.8) is 0 Å². The minimum Gasteiger partial charge on any atom is -0.391 e. The third kappa shape index (κ3) is 4.10. The van der Waals surface area contributed by atoms with E-state index in [0.29, 0.717) is 6.42 Å². The summed E-state index contributed by atoms with van der Waals surface area (Å²) >= 11 is 0. The molecule has 1 rings (SSSR count). The standard InChI is InChI=1S/C12H23NO3/c1-12(2,16-3)8-11(15)13-9-6-4-5-7-10(9)14/h9-10,14H,4-8H2,1-3H3,(H,13,15). The Balaban J connectivity index is 2.38. The van der Waals surface area contributed by atoms with E-state index in [1.54, 1.807) is 7.11 Å². The Morgan fingerprint density at radius 2 is 2.06 bits per heavy atom. The Labute approximate surface area is 97.4 Å². The molecule has 0 heterocycles. The van der Waals surface area contributed by atoms with Crippen molar-refractivity contribution in [2.75, 3.05) is 7.11 Å². The van der Waals surface area contributed by atoms with Crippen molar-refractivity contribution in [2.45, 2.75) is 63.7 Å². The van der Waals surface area contributed by atoms with Gasteiger partial charge in [0.25, 0.3) is 0 Å². The fraction of sp³-hybridized carbons (Fsp3) is 0.917. The van der Waals surface area contributed by atoms with Crippen LogP contribution in [0.15, 0.2) is 0 Å². The lowest BCUT2D eigenvalue weighted by Gasteiger charge is -2.30. The number of nitrogens with one attached hydrogen (secondary N) is 1. The molecule has 94 valence electrons. The first-order chi connectivity index (χ1) is 7.44. The Morgan fingerprint density at radius 3 is 2.62 bits per heavy atom. The molecule has 1 aliphatic carbocycles. The van der Waals surface area contributed by atoms with Gasteiger partial charge in [0.15, 0.2) is 0 Å². The molecule has 0 spiro atoms. The summed E-state index contributed by atoms with van der Waals surface area (Å²) in [6, 6.07) is -0.0751. The largest absolute Gasteiger partial charge is 0.391 e. The van der Waals surface area contributed by atoms with Crippen LogP contribution in [0.4, 0.5) is 0 Å². The van der Waals surface area contributed by atoms with Crippen LogP contribution in [0.1, 0.15) is 46.0 Å². The predicted octanol–water partition coefficient (Wildman–Crippen LogP) is 1.22. The van der Waals surface area contributed by atoms with E-state index in [1.807, 2.05) is 13.8 Å². The normalized spacial score (nSPS) is 26.5. The average molecular weight is 229 g/mol. The number of hydrogen-bond acceptors (Lipinski definition) is 3. The third-order valence-electron chi connectivity index (χ3n) is 3.21. The highest BCUT2D eigenvalue weighted by atomic mass is 16.5. The van der Waals surface area contributed by atoms with E-state index in [4.69, 9.17) is 4.74 Å². The highest BCUT2D eigenvalue weighted by Crippen LogP contribution is 2.19. The first-order valence-corrected chi connectivity index (χ1v) is 5.97. The highest BCUT2D eigenvalue weighted by molar-refractivity contribution is 5.77. The molecule has 1 amide bonds.